The molecule has 2 aromatic rings. The highest BCUT2D eigenvalue weighted by molar-refractivity contribution is 8.00. The Balaban J connectivity index is 1.62. The average Bonchev–Trinajstić information content (AvgIpc) is 2.88. The van der Waals surface area contributed by atoms with E-state index in [4.69, 9.17) is 0 Å². The molecule has 0 aliphatic carbocycles. The number of thioether (sulfide) groups is 1. The predicted octanol–water partition coefficient (Wildman–Crippen LogP) is 6.37. The lowest BCUT2D eigenvalue weighted by Crippen LogP contribution is -2.43. The number of amides is 1. The third-order valence-corrected chi connectivity index (χ3v) is 8.33. The summed E-state index contributed by atoms with van der Waals surface area (Å²) in [6.07, 6.45) is 7.17. The SMILES string of the molecule is CCC(C)CCCCSc1ccc(NC(=O)c2cc(N3CCNCC3)ccc2N(C)SC)cc1. The van der Waals surface area contributed by atoms with Crippen molar-refractivity contribution in [2.24, 2.45) is 5.92 Å². The van der Waals surface area contributed by atoms with Gasteiger partial charge in [0.1, 0.15) is 0 Å². The van der Waals surface area contributed by atoms with E-state index in [9.17, 15) is 4.79 Å². The first-order valence-corrected chi connectivity index (χ1v) is 14.6. The van der Waals surface area contributed by atoms with Crippen LogP contribution >= 0.6 is 23.7 Å². The number of carbonyl (C=O) groups is 1. The van der Waals surface area contributed by atoms with Crippen molar-refractivity contribution < 1.29 is 4.79 Å². The van der Waals surface area contributed by atoms with Crippen LogP contribution in [0.3, 0.4) is 0 Å². The Morgan fingerprint density at radius 3 is 2.56 bits per heavy atom. The van der Waals surface area contributed by atoms with Gasteiger partial charge in [-0.1, -0.05) is 45.1 Å². The van der Waals surface area contributed by atoms with Gasteiger partial charge in [-0.25, -0.2) is 0 Å². The van der Waals surface area contributed by atoms with E-state index in [2.05, 4.69) is 53.6 Å². The lowest BCUT2D eigenvalue weighted by Gasteiger charge is -2.30. The number of carbonyl (C=O) groups excluding carboxylic acids is 1. The molecule has 0 saturated carbocycles. The lowest BCUT2D eigenvalue weighted by molar-refractivity contribution is 0.102. The van der Waals surface area contributed by atoms with E-state index in [0.29, 0.717) is 5.56 Å². The van der Waals surface area contributed by atoms with Crippen LogP contribution in [0.2, 0.25) is 0 Å². The van der Waals surface area contributed by atoms with Crippen LogP contribution in [0.5, 0.6) is 0 Å². The molecule has 5 nitrogen and oxygen atoms in total. The molecule has 1 aliphatic heterocycles. The Labute approximate surface area is 214 Å². The zero-order valence-corrected chi connectivity index (χ0v) is 22.7. The van der Waals surface area contributed by atoms with Crippen LogP contribution in [0, 0.1) is 5.92 Å². The molecule has 0 bridgehead atoms. The second-order valence-corrected chi connectivity index (χ2v) is 11.0. The fourth-order valence-corrected chi connectivity index (χ4v) is 5.29. The molecule has 186 valence electrons. The number of benzene rings is 2. The largest absolute Gasteiger partial charge is 0.369 e. The van der Waals surface area contributed by atoms with Crippen LogP contribution in [0.25, 0.3) is 0 Å². The molecule has 1 atom stereocenters. The standard InChI is InChI=1S/C27H40N4OS2/c1-5-21(2)8-6-7-19-34-24-12-9-22(10-13-24)29-27(32)25-20-23(31-17-15-28-16-18-31)11-14-26(25)30(3)33-4/h9-14,20-21,28H,5-8,15-19H2,1-4H3,(H,29,32). The summed E-state index contributed by atoms with van der Waals surface area (Å²) in [5.74, 6) is 1.91. The van der Waals surface area contributed by atoms with Gasteiger partial charge in [-0.3, -0.25) is 4.79 Å². The summed E-state index contributed by atoms with van der Waals surface area (Å²) in [7, 11) is 2.00. The summed E-state index contributed by atoms with van der Waals surface area (Å²) in [5.41, 5.74) is 3.56. The van der Waals surface area contributed by atoms with E-state index in [1.54, 1.807) is 11.9 Å². The third kappa shape index (κ3) is 7.85. The van der Waals surface area contributed by atoms with Crippen molar-refractivity contribution in [1.29, 1.82) is 0 Å². The Bertz CT molecular complexity index is 900. The monoisotopic (exact) mass is 500 g/mol. The van der Waals surface area contributed by atoms with Gasteiger partial charge in [-0.15, -0.1) is 11.8 Å². The first-order valence-electron chi connectivity index (χ1n) is 12.4. The maximum Gasteiger partial charge on any atom is 0.257 e. The van der Waals surface area contributed by atoms with Gasteiger partial charge in [0.05, 0.1) is 11.3 Å². The van der Waals surface area contributed by atoms with Crippen LogP contribution in [0.15, 0.2) is 47.4 Å². The van der Waals surface area contributed by atoms with Crippen LogP contribution in [-0.4, -0.2) is 51.1 Å². The van der Waals surface area contributed by atoms with Crippen molar-refractivity contribution in [2.45, 2.75) is 44.4 Å². The molecule has 1 amide bonds. The number of unbranched alkanes of at least 4 members (excludes halogenated alkanes) is 1. The Hall–Kier alpha value is -1.83. The lowest BCUT2D eigenvalue weighted by atomic mass is 10.0. The fraction of sp³-hybridized carbons (Fsp3) is 0.519. The van der Waals surface area contributed by atoms with E-state index >= 15 is 0 Å². The Morgan fingerprint density at radius 1 is 1.15 bits per heavy atom. The van der Waals surface area contributed by atoms with Crippen LogP contribution in [0.1, 0.15) is 49.9 Å². The molecular formula is C27H40N4OS2. The van der Waals surface area contributed by atoms with Gasteiger partial charge in [-0.05, 0) is 60.6 Å². The molecule has 2 aromatic carbocycles. The van der Waals surface area contributed by atoms with Crippen molar-refractivity contribution in [2.75, 3.05) is 59.8 Å². The Morgan fingerprint density at radius 2 is 1.88 bits per heavy atom. The van der Waals surface area contributed by atoms with E-state index in [1.165, 1.54) is 30.6 Å². The van der Waals surface area contributed by atoms with Crippen molar-refractivity contribution in [3.63, 3.8) is 0 Å². The topological polar surface area (TPSA) is 47.6 Å². The van der Waals surface area contributed by atoms with Crippen molar-refractivity contribution in [3.8, 4) is 0 Å². The predicted molar refractivity (Wildman–Crippen MR) is 152 cm³/mol. The first-order chi connectivity index (χ1) is 16.5. The zero-order valence-electron chi connectivity index (χ0n) is 21.1. The smallest absolute Gasteiger partial charge is 0.257 e. The van der Waals surface area contributed by atoms with Crippen LogP contribution in [-0.2, 0) is 0 Å². The average molecular weight is 501 g/mol. The molecule has 2 N–H and O–H groups in total. The van der Waals surface area contributed by atoms with Gasteiger partial charge in [0.15, 0.2) is 0 Å². The van der Waals surface area contributed by atoms with Gasteiger partial charge in [0, 0.05) is 55.8 Å². The highest BCUT2D eigenvalue weighted by atomic mass is 32.2. The van der Waals surface area contributed by atoms with E-state index in [0.717, 1.165) is 54.9 Å². The van der Waals surface area contributed by atoms with Gasteiger partial charge in [0.25, 0.3) is 5.91 Å². The minimum Gasteiger partial charge on any atom is -0.369 e. The van der Waals surface area contributed by atoms with Gasteiger partial charge < -0.3 is 19.8 Å². The summed E-state index contributed by atoms with van der Waals surface area (Å²) in [4.78, 5) is 16.9. The molecule has 1 aliphatic rings. The molecule has 0 radical (unpaired) electrons. The first kappa shape index (κ1) is 26.8. The van der Waals surface area contributed by atoms with Gasteiger partial charge in [-0.2, -0.15) is 0 Å². The summed E-state index contributed by atoms with van der Waals surface area (Å²) < 4.78 is 2.04. The molecule has 3 rings (SSSR count). The summed E-state index contributed by atoms with van der Waals surface area (Å²) >= 11 is 3.50. The summed E-state index contributed by atoms with van der Waals surface area (Å²) in [6, 6.07) is 14.5. The second kappa shape index (κ2) is 13.9. The summed E-state index contributed by atoms with van der Waals surface area (Å²) in [5, 5.41) is 6.50. The number of rotatable bonds is 12. The van der Waals surface area contributed by atoms with Crippen LogP contribution < -0.4 is 19.8 Å². The minimum absolute atomic E-state index is 0.0710. The number of hydrogen-bond acceptors (Lipinski definition) is 6. The van der Waals surface area contributed by atoms with Crippen molar-refractivity contribution >= 4 is 46.7 Å². The maximum atomic E-state index is 13.3. The van der Waals surface area contributed by atoms with Crippen molar-refractivity contribution in [3.05, 3.63) is 48.0 Å². The summed E-state index contributed by atoms with van der Waals surface area (Å²) in [6.45, 7) is 8.45. The molecule has 1 heterocycles. The maximum absolute atomic E-state index is 13.3. The highest BCUT2D eigenvalue weighted by Gasteiger charge is 2.19. The molecule has 34 heavy (non-hydrogen) atoms. The number of anilines is 3. The highest BCUT2D eigenvalue weighted by Crippen LogP contribution is 2.30. The number of nitrogens with one attached hydrogen (secondary N) is 2. The number of piperazine rings is 1. The van der Waals surface area contributed by atoms with E-state index in [-0.39, 0.29) is 5.91 Å². The number of hydrogen-bond donors (Lipinski definition) is 2. The molecule has 0 spiro atoms. The molecule has 7 heteroatoms. The molecular weight excluding hydrogens is 460 g/mol. The normalized spacial score (nSPS) is 14.6. The van der Waals surface area contributed by atoms with Crippen molar-refractivity contribution in [1.82, 2.24) is 5.32 Å². The van der Waals surface area contributed by atoms with E-state index in [1.807, 2.05) is 47.6 Å². The van der Waals surface area contributed by atoms with Crippen LogP contribution in [0.4, 0.5) is 17.1 Å². The van der Waals surface area contributed by atoms with Gasteiger partial charge >= 0.3 is 0 Å². The van der Waals surface area contributed by atoms with E-state index < -0.39 is 0 Å². The molecule has 1 saturated heterocycles. The fourth-order valence-electron chi connectivity index (χ4n) is 4.02. The minimum atomic E-state index is -0.0710. The number of nitrogens with zero attached hydrogens (tertiary/aromatic N) is 2. The van der Waals surface area contributed by atoms with Gasteiger partial charge in [0.2, 0.25) is 0 Å². The zero-order chi connectivity index (χ0) is 24.3. The third-order valence-electron chi connectivity index (χ3n) is 6.49. The Kier molecular flexibility index (Phi) is 10.9. The molecule has 0 aromatic heterocycles. The molecule has 1 fully saturated rings. The second-order valence-electron chi connectivity index (χ2n) is 8.95. The quantitative estimate of drug-likeness (QED) is 0.201. The molecule has 1 unspecified atom stereocenters.